The Morgan fingerprint density at radius 2 is 2.12 bits per heavy atom. The molecule has 9 heteroatoms. The van der Waals surface area contributed by atoms with Crippen LogP contribution in [0.25, 0.3) is 0 Å². The first-order valence-corrected chi connectivity index (χ1v) is 6.97. The summed E-state index contributed by atoms with van der Waals surface area (Å²) < 4.78 is 30.4. The van der Waals surface area contributed by atoms with Gasteiger partial charge in [-0.25, -0.2) is 4.79 Å². The lowest BCUT2D eigenvalue weighted by Crippen LogP contribution is -2.18. The number of halogens is 2. The number of ether oxygens (including phenoxy) is 1. The summed E-state index contributed by atoms with van der Waals surface area (Å²) in [6.07, 6.45) is 1.24. The Morgan fingerprint density at radius 3 is 2.79 bits per heavy atom. The molecule has 1 aromatic heterocycles. The van der Waals surface area contributed by atoms with Crippen molar-refractivity contribution in [3.63, 3.8) is 0 Å². The van der Waals surface area contributed by atoms with Gasteiger partial charge in [-0.2, -0.15) is 13.9 Å². The van der Waals surface area contributed by atoms with E-state index < -0.39 is 18.5 Å². The molecule has 128 valence electrons. The summed E-state index contributed by atoms with van der Waals surface area (Å²) in [6, 6.07) is 5.80. The third-order valence-electron chi connectivity index (χ3n) is 3.11. The second kappa shape index (κ2) is 7.53. The van der Waals surface area contributed by atoms with Crippen LogP contribution in [0.5, 0.6) is 5.75 Å². The van der Waals surface area contributed by atoms with E-state index in [0.29, 0.717) is 5.56 Å². The first-order chi connectivity index (χ1) is 11.4. The van der Waals surface area contributed by atoms with Crippen molar-refractivity contribution < 1.29 is 28.2 Å². The SMILES string of the molecule is Cc1ccc(NC(=O)CCn2nccc2C(=O)O)c(OC(F)F)c1. The largest absolute Gasteiger partial charge is 0.477 e. The first kappa shape index (κ1) is 17.4. The number of aromatic carboxylic acids is 1. The average Bonchev–Trinajstić information content (AvgIpc) is 2.96. The molecular formula is C15H15F2N3O4. The average molecular weight is 339 g/mol. The molecule has 0 saturated heterocycles. The monoisotopic (exact) mass is 339 g/mol. The van der Waals surface area contributed by atoms with E-state index >= 15 is 0 Å². The topological polar surface area (TPSA) is 93.5 Å². The van der Waals surface area contributed by atoms with Crippen LogP contribution in [0.2, 0.25) is 0 Å². The fourth-order valence-electron chi connectivity index (χ4n) is 2.04. The molecular weight excluding hydrogens is 324 g/mol. The Hall–Kier alpha value is -2.97. The van der Waals surface area contributed by atoms with Gasteiger partial charge in [-0.3, -0.25) is 9.48 Å². The van der Waals surface area contributed by atoms with Crippen LogP contribution >= 0.6 is 0 Å². The number of nitrogens with one attached hydrogen (secondary N) is 1. The molecule has 0 unspecified atom stereocenters. The van der Waals surface area contributed by atoms with Crippen molar-refractivity contribution in [1.29, 1.82) is 0 Å². The number of hydrogen-bond donors (Lipinski definition) is 2. The Labute approximate surface area is 135 Å². The molecule has 0 aliphatic rings. The second-order valence-electron chi connectivity index (χ2n) is 4.92. The lowest BCUT2D eigenvalue weighted by atomic mass is 10.2. The Bertz CT molecular complexity index is 746. The molecule has 2 rings (SSSR count). The number of rotatable bonds is 7. The fraction of sp³-hybridized carbons (Fsp3) is 0.267. The number of anilines is 1. The number of aromatic nitrogens is 2. The summed E-state index contributed by atoms with van der Waals surface area (Å²) in [5.74, 6) is -1.77. The Morgan fingerprint density at radius 1 is 1.38 bits per heavy atom. The molecule has 0 saturated carbocycles. The van der Waals surface area contributed by atoms with Crippen LogP contribution < -0.4 is 10.1 Å². The summed E-state index contributed by atoms with van der Waals surface area (Å²) in [4.78, 5) is 22.9. The van der Waals surface area contributed by atoms with Gasteiger partial charge >= 0.3 is 12.6 Å². The minimum Gasteiger partial charge on any atom is -0.477 e. The number of benzene rings is 1. The Balaban J connectivity index is 2.02. The summed E-state index contributed by atoms with van der Waals surface area (Å²) in [5.41, 5.74) is 0.774. The molecule has 0 aliphatic heterocycles. The molecule has 0 aliphatic carbocycles. The number of aryl methyl sites for hydroxylation is 2. The fourth-order valence-corrected chi connectivity index (χ4v) is 2.04. The van der Waals surface area contributed by atoms with E-state index in [9.17, 15) is 18.4 Å². The quantitative estimate of drug-likeness (QED) is 0.808. The molecule has 0 fully saturated rings. The summed E-state index contributed by atoms with van der Waals surface area (Å²) >= 11 is 0. The number of hydrogen-bond acceptors (Lipinski definition) is 4. The van der Waals surface area contributed by atoms with E-state index in [1.165, 1.54) is 29.1 Å². The van der Waals surface area contributed by atoms with E-state index in [2.05, 4.69) is 15.2 Å². The van der Waals surface area contributed by atoms with Crippen LogP contribution in [-0.2, 0) is 11.3 Å². The van der Waals surface area contributed by atoms with E-state index in [0.717, 1.165) is 0 Å². The van der Waals surface area contributed by atoms with Gasteiger partial charge in [0.2, 0.25) is 5.91 Å². The number of alkyl halides is 2. The van der Waals surface area contributed by atoms with E-state index in [1.54, 1.807) is 13.0 Å². The molecule has 2 aromatic rings. The molecule has 7 nitrogen and oxygen atoms in total. The number of carboxylic acids is 1. The Kier molecular flexibility index (Phi) is 5.46. The first-order valence-electron chi connectivity index (χ1n) is 6.97. The van der Waals surface area contributed by atoms with Gasteiger partial charge < -0.3 is 15.2 Å². The zero-order chi connectivity index (χ0) is 17.7. The lowest BCUT2D eigenvalue weighted by molar-refractivity contribution is -0.116. The zero-order valence-corrected chi connectivity index (χ0v) is 12.7. The van der Waals surface area contributed by atoms with Crippen LogP contribution in [0.1, 0.15) is 22.5 Å². The smallest absolute Gasteiger partial charge is 0.387 e. The molecule has 24 heavy (non-hydrogen) atoms. The maximum atomic E-state index is 12.4. The normalized spacial score (nSPS) is 10.7. The van der Waals surface area contributed by atoms with Crippen LogP contribution in [0.4, 0.5) is 14.5 Å². The van der Waals surface area contributed by atoms with Gasteiger partial charge in [0.05, 0.1) is 12.2 Å². The molecule has 1 aromatic carbocycles. The summed E-state index contributed by atoms with van der Waals surface area (Å²) in [6.45, 7) is -1.27. The predicted octanol–water partition coefficient (Wildman–Crippen LogP) is 2.52. The van der Waals surface area contributed by atoms with Crippen LogP contribution in [0, 0.1) is 6.92 Å². The van der Waals surface area contributed by atoms with Crippen molar-refractivity contribution in [3.8, 4) is 5.75 Å². The van der Waals surface area contributed by atoms with E-state index in [4.69, 9.17) is 5.11 Å². The van der Waals surface area contributed by atoms with Gasteiger partial charge in [0.25, 0.3) is 0 Å². The maximum Gasteiger partial charge on any atom is 0.387 e. The third-order valence-corrected chi connectivity index (χ3v) is 3.11. The standard InChI is InChI=1S/C15H15F2N3O4/c1-9-2-3-10(12(8-9)24-15(16)17)19-13(21)5-7-20-11(14(22)23)4-6-18-20/h2-4,6,8,15H,5,7H2,1H3,(H,19,21)(H,22,23). The summed E-state index contributed by atoms with van der Waals surface area (Å²) in [7, 11) is 0. The van der Waals surface area contributed by atoms with Gasteiger partial charge in [0.15, 0.2) is 0 Å². The third kappa shape index (κ3) is 4.51. The zero-order valence-electron chi connectivity index (χ0n) is 12.7. The number of amides is 1. The number of carbonyl (C=O) groups is 2. The molecule has 0 spiro atoms. The predicted molar refractivity (Wildman–Crippen MR) is 80.2 cm³/mol. The summed E-state index contributed by atoms with van der Waals surface area (Å²) in [5, 5.41) is 15.2. The minimum atomic E-state index is -3.01. The van der Waals surface area contributed by atoms with Crippen molar-refractivity contribution in [2.24, 2.45) is 0 Å². The molecule has 0 atom stereocenters. The maximum absolute atomic E-state index is 12.4. The van der Waals surface area contributed by atoms with Gasteiger partial charge in [-0.1, -0.05) is 6.07 Å². The van der Waals surface area contributed by atoms with Gasteiger partial charge in [0, 0.05) is 12.6 Å². The van der Waals surface area contributed by atoms with Crippen molar-refractivity contribution >= 4 is 17.6 Å². The number of carboxylic acid groups (broad SMARTS) is 1. The van der Waals surface area contributed by atoms with Gasteiger partial charge in [-0.15, -0.1) is 0 Å². The highest BCUT2D eigenvalue weighted by atomic mass is 19.3. The number of carbonyl (C=O) groups excluding carboxylic acids is 1. The highest BCUT2D eigenvalue weighted by Crippen LogP contribution is 2.27. The van der Waals surface area contributed by atoms with Crippen molar-refractivity contribution in [2.45, 2.75) is 26.5 Å². The second-order valence-corrected chi connectivity index (χ2v) is 4.92. The van der Waals surface area contributed by atoms with Crippen LogP contribution in [0.15, 0.2) is 30.5 Å². The van der Waals surface area contributed by atoms with Crippen LogP contribution in [-0.4, -0.2) is 33.4 Å². The number of nitrogens with zero attached hydrogens (tertiary/aromatic N) is 2. The molecule has 1 heterocycles. The highest BCUT2D eigenvalue weighted by molar-refractivity contribution is 5.92. The van der Waals surface area contributed by atoms with Crippen molar-refractivity contribution in [1.82, 2.24) is 9.78 Å². The van der Waals surface area contributed by atoms with Crippen molar-refractivity contribution in [2.75, 3.05) is 5.32 Å². The molecule has 0 radical (unpaired) electrons. The van der Waals surface area contributed by atoms with E-state index in [-0.39, 0.29) is 30.1 Å². The highest BCUT2D eigenvalue weighted by Gasteiger charge is 2.14. The van der Waals surface area contributed by atoms with Gasteiger partial charge in [-0.05, 0) is 30.7 Å². The molecule has 1 amide bonds. The van der Waals surface area contributed by atoms with Crippen LogP contribution in [0.3, 0.4) is 0 Å². The molecule has 0 bridgehead atoms. The lowest BCUT2D eigenvalue weighted by Gasteiger charge is -2.13. The minimum absolute atomic E-state index is 0.0391. The van der Waals surface area contributed by atoms with E-state index in [1.807, 2.05) is 0 Å². The van der Waals surface area contributed by atoms with Gasteiger partial charge in [0.1, 0.15) is 11.4 Å². The van der Waals surface area contributed by atoms with Crippen molar-refractivity contribution in [3.05, 3.63) is 41.7 Å². The molecule has 2 N–H and O–H groups in total.